The van der Waals surface area contributed by atoms with Crippen LogP contribution in [0.1, 0.15) is 15.9 Å². The van der Waals surface area contributed by atoms with E-state index in [-0.39, 0.29) is 5.91 Å². The maximum absolute atomic E-state index is 11.8. The van der Waals surface area contributed by atoms with Crippen molar-refractivity contribution < 1.29 is 4.79 Å². The summed E-state index contributed by atoms with van der Waals surface area (Å²) < 4.78 is 0. The minimum absolute atomic E-state index is 0.108. The number of thiol groups is 1. The first kappa shape index (κ1) is 13.0. The minimum Gasteiger partial charge on any atom is -0.348 e. The molecule has 0 saturated heterocycles. The predicted octanol–water partition coefficient (Wildman–Crippen LogP) is 3.56. The average molecular weight is 278 g/mol. The summed E-state index contributed by atoms with van der Waals surface area (Å²) in [5, 5.41) is 3.51. The van der Waals surface area contributed by atoms with Gasteiger partial charge in [-0.3, -0.25) is 4.79 Å². The van der Waals surface area contributed by atoms with Gasteiger partial charge in [-0.2, -0.15) is 0 Å². The standard InChI is InChI=1S/C14H12ClNOS/c15-12-3-1-2-10(8-12)9-16-14(17)11-4-6-13(18)7-5-11/h1-8,18H,9H2,(H,16,17). The molecule has 0 aromatic heterocycles. The van der Waals surface area contributed by atoms with Crippen molar-refractivity contribution in [3.8, 4) is 0 Å². The molecule has 0 aliphatic rings. The molecule has 1 amide bonds. The Bertz CT molecular complexity index is 554. The number of rotatable bonds is 3. The van der Waals surface area contributed by atoms with Crippen LogP contribution in [0.5, 0.6) is 0 Å². The Morgan fingerprint density at radius 3 is 2.56 bits per heavy atom. The van der Waals surface area contributed by atoms with Gasteiger partial charge in [0, 0.05) is 22.0 Å². The summed E-state index contributed by atoms with van der Waals surface area (Å²) in [6, 6.07) is 14.5. The molecular formula is C14H12ClNOS. The molecule has 2 aromatic rings. The van der Waals surface area contributed by atoms with Crippen LogP contribution in [0.2, 0.25) is 5.02 Å². The van der Waals surface area contributed by atoms with E-state index in [1.165, 1.54) is 0 Å². The molecule has 0 spiro atoms. The fraction of sp³-hybridized carbons (Fsp3) is 0.0714. The fourth-order valence-electron chi connectivity index (χ4n) is 1.54. The van der Waals surface area contributed by atoms with Crippen LogP contribution in [-0.4, -0.2) is 5.91 Å². The quantitative estimate of drug-likeness (QED) is 0.826. The van der Waals surface area contributed by atoms with Gasteiger partial charge in [-0.15, -0.1) is 12.6 Å². The van der Waals surface area contributed by atoms with Crippen molar-refractivity contribution in [2.45, 2.75) is 11.4 Å². The van der Waals surface area contributed by atoms with Crippen molar-refractivity contribution in [3.05, 3.63) is 64.7 Å². The second-order valence-electron chi connectivity index (χ2n) is 3.86. The van der Waals surface area contributed by atoms with E-state index in [9.17, 15) is 4.79 Å². The van der Waals surface area contributed by atoms with Crippen molar-refractivity contribution in [3.63, 3.8) is 0 Å². The van der Waals surface area contributed by atoms with Gasteiger partial charge in [-0.25, -0.2) is 0 Å². The Labute approximate surface area is 116 Å². The van der Waals surface area contributed by atoms with Crippen LogP contribution in [0.25, 0.3) is 0 Å². The summed E-state index contributed by atoms with van der Waals surface area (Å²) in [6.45, 7) is 0.460. The lowest BCUT2D eigenvalue weighted by atomic mass is 10.2. The number of carbonyl (C=O) groups is 1. The van der Waals surface area contributed by atoms with Gasteiger partial charge in [0.2, 0.25) is 0 Å². The highest BCUT2D eigenvalue weighted by atomic mass is 35.5. The smallest absolute Gasteiger partial charge is 0.251 e. The summed E-state index contributed by atoms with van der Waals surface area (Å²) in [5.74, 6) is -0.108. The van der Waals surface area contributed by atoms with E-state index >= 15 is 0 Å². The summed E-state index contributed by atoms with van der Waals surface area (Å²) >= 11 is 10.0. The van der Waals surface area contributed by atoms with Crippen LogP contribution in [0, 0.1) is 0 Å². The summed E-state index contributed by atoms with van der Waals surface area (Å²) in [6.07, 6.45) is 0. The molecule has 0 saturated carbocycles. The molecule has 0 aliphatic carbocycles. The van der Waals surface area contributed by atoms with Crippen molar-refractivity contribution in [2.75, 3.05) is 0 Å². The van der Waals surface area contributed by atoms with Crippen molar-refractivity contribution in [1.82, 2.24) is 5.32 Å². The molecule has 18 heavy (non-hydrogen) atoms. The number of nitrogens with one attached hydrogen (secondary N) is 1. The zero-order valence-electron chi connectivity index (χ0n) is 9.56. The van der Waals surface area contributed by atoms with Gasteiger partial charge >= 0.3 is 0 Å². The highest BCUT2D eigenvalue weighted by Gasteiger charge is 2.04. The number of carbonyl (C=O) groups excluding carboxylic acids is 1. The molecule has 0 aliphatic heterocycles. The molecule has 0 fully saturated rings. The minimum atomic E-state index is -0.108. The van der Waals surface area contributed by atoms with Gasteiger partial charge in [0.1, 0.15) is 0 Å². The third-order valence-corrected chi connectivity index (χ3v) is 3.00. The van der Waals surface area contributed by atoms with Gasteiger partial charge in [-0.1, -0.05) is 23.7 Å². The van der Waals surface area contributed by atoms with Crippen molar-refractivity contribution >= 4 is 30.1 Å². The molecule has 4 heteroatoms. The van der Waals surface area contributed by atoms with Gasteiger partial charge in [0.15, 0.2) is 0 Å². The summed E-state index contributed by atoms with van der Waals surface area (Å²) in [4.78, 5) is 12.7. The second kappa shape index (κ2) is 5.94. The number of amides is 1. The van der Waals surface area contributed by atoms with E-state index in [1.54, 1.807) is 30.3 Å². The first-order valence-corrected chi connectivity index (χ1v) is 6.29. The zero-order valence-corrected chi connectivity index (χ0v) is 11.2. The van der Waals surface area contributed by atoms with Gasteiger partial charge in [0.25, 0.3) is 5.91 Å². The lowest BCUT2D eigenvalue weighted by Gasteiger charge is -2.06. The maximum atomic E-state index is 11.8. The van der Waals surface area contributed by atoms with E-state index < -0.39 is 0 Å². The van der Waals surface area contributed by atoms with E-state index in [2.05, 4.69) is 17.9 Å². The third-order valence-electron chi connectivity index (χ3n) is 2.47. The summed E-state index contributed by atoms with van der Waals surface area (Å²) in [5.41, 5.74) is 1.59. The number of halogens is 1. The normalized spacial score (nSPS) is 10.1. The molecule has 92 valence electrons. The third kappa shape index (κ3) is 3.52. The highest BCUT2D eigenvalue weighted by molar-refractivity contribution is 7.80. The fourth-order valence-corrected chi connectivity index (χ4v) is 1.91. The summed E-state index contributed by atoms with van der Waals surface area (Å²) in [7, 11) is 0. The lowest BCUT2D eigenvalue weighted by Crippen LogP contribution is -2.22. The van der Waals surface area contributed by atoms with Gasteiger partial charge in [0.05, 0.1) is 0 Å². The largest absolute Gasteiger partial charge is 0.348 e. The molecule has 2 aromatic carbocycles. The van der Waals surface area contributed by atoms with Gasteiger partial charge in [-0.05, 0) is 42.0 Å². The Hall–Kier alpha value is -1.45. The Balaban J connectivity index is 1.98. The first-order valence-electron chi connectivity index (χ1n) is 5.47. The van der Waals surface area contributed by atoms with E-state index in [0.717, 1.165) is 10.5 Å². The number of benzene rings is 2. The molecule has 1 N–H and O–H groups in total. The van der Waals surface area contributed by atoms with Gasteiger partial charge < -0.3 is 5.32 Å². The van der Waals surface area contributed by atoms with E-state index in [1.807, 2.05) is 18.2 Å². The monoisotopic (exact) mass is 277 g/mol. The number of hydrogen-bond acceptors (Lipinski definition) is 2. The molecule has 0 bridgehead atoms. The van der Waals surface area contributed by atoms with Crippen LogP contribution in [0.15, 0.2) is 53.4 Å². The molecule has 0 atom stereocenters. The van der Waals surface area contributed by atoms with Crippen LogP contribution in [-0.2, 0) is 6.54 Å². The Kier molecular flexibility index (Phi) is 4.28. The molecular weight excluding hydrogens is 266 g/mol. The van der Waals surface area contributed by atoms with E-state index in [4.69, 9.17) is 11.6 Å². The second-order valence-corrected chi connectivity index (χ2v) is 4.81. The molecule has 0 unspecified atom stereocenters. The lowest BCUT2D eigenvalue weighted by molar-refractivity contribution is 0.0951. The van der Waals surface area contributed by atoms with Crippen molar-refractivity contribution in [1.29, 1.82) is 0 Å². The topological polar surface area (TPSA) is 29.1 Å². The van der Waals surface area contributed by atoms with Crippen LogP contribution in [0.3, 0.4) is 0 Å². The Morgan fingerprint density at radius 1 is 1.17 bits per heavy atom. The molecule has 0 heterocycles. The average Bonchev–Trinajstić information content (AvgIpc) is 2.37. The molecule has 2 nitrogen and oxygen atoms in total. The SMILES string of the molecule is O=C(NCc1cccc(Cl)c1)c1ccc(S)cc1. The van der Waals surface area contributed by atoms with Crippen molar-refractivity contribution in [2.24, 2.45) is 0 Å². The molecule has 2 rings (SSSR count). The van der Waals surface area contributed by atoms with E-state index in [0.29, 0.717) is 17.1 Å². The van der Waals surface area contributed by atoms with Crippen LogP contribution in [0.4, 0.5) is 0 Å². The highest BCUT2D eigenvalue weighted by Crippen LogP contribution is 2.11. The molecule has 0 radical (unpaired) electrons. The zero-order chi connectivity index (χ0) is 13.0. The Morgan fingerprint density at radius 2 is 1.89 bits per heavy atom. The first-order chi connectivity index (χ1) is 8.65. The maximum Gasteiger partial charge on any atom is 0.251 e. The number of hydrogen-bond donors (Lipinski definition) is 2. The van der Waals surface area contributed by atoms with Crippen LogP contribution < -0.4 is 5.32 Å². The van der Waals surface area contributed by atoms with Crippen LogP contribution >= 0.6 is 24.2 Å². The predicted molar refractivity (Wildman–Crippen MR) is 76.3 cm³/mol.